The van der Waals surface area contributed by atoms with Crippen LogP contribution in [0.3, 0.4) is 0 Å². The first kappa shape index (κ1) is 36.8. The Morgan fingerprint density at radius 1 is 0.594 bits per heavy atom. The second kappa shape index (κ2) is 14.2. The Hall–Kier alpha value is -6.64. The first-order valence-electron chi connectivity index (χ1n) is 24.2. The van der Waals surface area contributed by atoms with Crippen LogP contribution in [-0.4, -0.2) is 9.13 Å². The van der Waals surface area contributed by atoms with Gasteiger partial charge in [0.2, 0.25) is 0 Å². The lowest BCUT2D eigenvalue weighted by atomic mass is 9.61. The van der Waals surface area contributed by atoms with Crippen molar-refractivity contribution in [1.82, 2.24) is 9.13 Å². The topological polar surface area (TPSA) is 9.86 Å². The summed E-state index contributed by atoms with van der Waals surface area (Å²) in [5, 5.41) is 5.38. The molecule has 1 fully saturated rings. The molecule has 2 heterocycles. The Kier molecular flexibility index (Phi) is 8.16. The smallest absolute Gasteiger partial charge is 0.0541 e. The third-order valence-corrected chi connectivity index (χ3v) is 16.5. The average molecular weight is 825 g/mol. The Bertz CT molecular complexity index is 3470. The highest BCUT2D eigenvalue weighted by Crippen LogP contribution is 2.64. The van der Waals surface area contributed by atoms with Gasteiger partial charge >= 0.3 is 0 Å². The molecule has 14 rings (SSSR count). The van der Waals surface area contributed by atoms with Crippen molar-refractivity contribution in [2.45, 2.75) is 70.6 Å². The van der Waals surface area contributed by atoms with Crippen molar-refractivity contribution < 1.29 is 0 Å². The monoisotopic (exact) mass is 824 g/mol. The lowest BCUT2D eigenvalue weighted by Crippen LogP contribution is -2.32. The minimum Gasteiger partial charge on any atom is -0.310 e. The summed E-state index contributed by atoms with van der Waals surface area (Å²) in [4.78, 5) is 0. The van der Waals surface area contributed by atoms with Gasteiger partial charge in [0.1, 0.15) is 0 Å². The van der Waals surface area contributed by atoms with Crippen LogP contribution in [0.15, 0.2) is 186 Å². The number of para-hydroxylation sites is 2. The standard InChI is InChI=1S/C62H52N2/c1-10-32-62(33-11-1)56-38-46(44-24-30-60-54(36-44)52-16-6-8-18-58(52)63(60)48-26-20-40-12-2-4-14-42(40)34-48)22-28-50(56)51-29-23-47(39-57(51)62)45-25-31-61-55(37-45)53-17-7-9-19-59(53)64(61)49-27-21-41-13-3-5-15-43(41)35-49/h2,4-9,12,14-19,21-22,24-28,30-31,34-37,39-40,56H,1,3,10-11,13,20,23,29,32-33,38H2. The molecule has 310 valence electrons. The molecular weight excluding hydrogens is 773 g/mol. The fraction of sp³-hybridized carbons (Fsp3) is 0.226. The highest BCUT2D eigenvalue weighted by molar-refractivity contribution is 6.12. The molecule has 1 spiro atoms. The van der Waals surface area contributed by atoms with Gasteiger partial charge in [-0.05, 0) is 168 Å². The number of benzene rings is 5. The molecular formula is C62H52N2. The van der Waals surface area contributed by atoms with Gasteiger partial charge in [-0.25, -0.2) is 0 Å². The quantitative estimate of drug-likeness (QED) is 0.167. The molecule has 0 N–H and O–H groups in total. The summed E-state index contributed by atoms with van der Waals surface area (Å²) in [5.74, 6) is 1.03. The molecule has 0 aliphatic heterocycles. The fourth-order valence-corrected chi connectivity index (χ4v) is 13.5. The van der Waals surface area contributed by atoms with Crippen LogP contribution in [-0.2, 0) is 6.42 Å². The zero-order valence-corrected chi connectivity index (χ0v) is 36.5. The SMILES string of the molecule is C1=CC2=CC(n3c4ccccc4c4cc(C5=CC=C6C7=C(C=C(c8ccc9c(c8)c8ccccc8n9-c8ccc9c(c8)C=CCC9)CC7)C7(CCCCC7)C6C5)ccc43)=CCC2C=C1. The van der Waals surface area contributed by atoms with Gasteiger partial charge in [0.15, 0.2) is 0 Å². The molecule has 1 saturated carbocycles. The average Bonchev–Trinajstić information content (AvgIpc) is 3.96. The summed E-state index contributed by atoms with van der Waals surface area (Å²) >= 11 is 0. The van der Waals surface area contributed by atoms with Crippen molar-refractivity contribution in [3.8, 4) is 5.69 Å². The minimum absolute atomic E-state index is 0.216. The molecule has 2 unspecified atom stereocenters. The van der Waals surface area contributed by atoms with Crippen LogP contribution < -0.4 is 0 Å². The van der Waals surface area contributed by atoms with Crippen molar-refractivity contribution in [2.75, 3.05) is 0 Å². The van der Waals surface area contributed by atoms with E-state index in [1.54, 1.807) is 16.7 Å². The van der Waals surface area contributed by atoms with E-state index in [4.69, 9.17) is 0 Å². The second-order valence-corrected chi connectivity index (χ2v) is 19.7. The molecule has 2 aromatic heterocycles. The van der Waals surface area contributed by atoms with Gasteiger partial charge in [-0.2, -0.15) is 0 Å². The molecule has 0 bridgehead atoms. The van der Waals surface area contributed by atoms with Gasteiger partial charge in [-0.1, -0.05) is 135 Å². The highest BCUT2D eigenvalue weighted by Gasteiger charge is 2.51. The number of aryl methyl sites for hydroxylation is 1. The van der Waals surface area contributed by atoms with Crippen molar-refractivity contribution in [3.63, 3.8) is 0 Å². The maximum absolute atomic E-state index is 2.71. The number of hydrogen-bond donors (Lipinski definition) is 0. The summed E-state index contributed by atoms with van der Waals surface area (Å²) in [6, 6.07) is 39.9. The summed E-state index contributed by atoms with van der Waals surface area (Å²) in [6.45, 7) is 0. The van der Waals surface area contributed by atoms with E-state index in [1.807, 2.05) is 0 Å². The number of rotatable bonds is 4. The van der Waals surface area contributed by atoms with Crippen molar-refractivity contribution in [3.05, 3.63) is 208 Å². The summed E-state index contributed by atoms with van der Waals surface area (Å²) in [5.41, 5.74) is 22.9. The van der Waals surface area contributed by atoms with E-state index in [9.17, 15) is 0 Å². The molecule has 5 aromatic carbocycles. The maximum atomic E-state index is 2.71. The van der Waals surface area contributed by atoms with E-state index < -0.39 is 0 Å². The first-order chi connectivity index (χ1) is 31.7. The molecule has 2 atom stereocenters. The summed E-state index contributed by atoms with van der Waals surface area (Å²) in [7, 11) is 0. The molecule has 2 nitrogen and oxygen atoms in total. The van der Waals surface area contributed by atoms with Crippen LogP contribution >= 0.6 is 0 Å². The van der Waals surface area contributed by atoms with Crippen molar-refractivity contribution >= 4 is 66.5 Å². The number of fused-ring (bicyclic) bond motifs is 12. The van der Waals surface area contributed by atoms with Crippen LogP contribution in [0, 0.1) is 17.3 Å². The number of hydrogen-bond acceptors (Lipinski definition) is 0. The van der Waals surface area contributed by atoms with Crippen LogP contribution in [0.4, 0.5) is 0 Å². The third kappa shape index (κ3) is 5.44. The highest BCUT2D eigenvalue weighted by atomic mass is 15.0. The largest absolute Gasteiger partial charge is 0.310 e. The predicted octanol–water partition coefficient (Wildman–Crippen LogP) is 16.2. The van der Waals surface area contributed by atoms with Gasteiger partial charge in [-0.15, -0.1) is 0 Å². The first-order valence-corrected chi connectivity index (χ1v) is 24.2. The Morgan fingerprint density at radius 2 is 1.34 bits per heavy atom. The molecule has 0 amide bonds. The van der Waals surface area contributed by atoms with Gasteiger partial charge in [0.05, 0.1) is 22.1 Å². The normalized spacial score (nSPS) is 22.0. The van der Waals surface area contributed by atoms with E-state index in [1.165, 1.54) is 126 Å². The lowest BCUT2D eigenvalue weighted by molar-refractivity contribution is 0.184. The zero-order valence-electron chi connectivity index (χ0n) is 36.5. The van der Waals surface area contributed by atoms with E-state index in [-0.39, 0.29) is 5.41 Å². The van der Waals surface area contributed by atoms with Crippen LogP contribution in [0.25, 0.3) is 72.2 Å². The maximum Gasteiger partial charge on any atom is 0.0541 e. The van der Waals surface area contributed by atoms with Crippen molar-refractivity contribution in [1.29, 1.82) is 0 Å². The number of allylic oxidation sites excluding steroid dienone is 17. The van der Waals surface area contributed by atoms with Gasteiger partial charge < -0.3 is 9.13 Å². The van der Waals surface area contributed by atoms with Crippen LogP contribution in [0.2, 0.25) is 0 Å². The van der Waals surface area contributed by atoms with Gasteiger partial charge in [-0.3, -0.25) is 0 Å². The minimum atomic E-state index is 0.216. The third-order valence-electron chi connectivity index (χ3n) is 16.5. The Balaban J connectivity index is 0.834. The summed E-state index contributed by atoms with van der Waals surface area (Å²) < 4.78 is 5.00. The fourth-order valence-electron chi connectivity index (χ4n) is 13.5. The predicted molar refractivity (Wildman–Crippen MR) is 270 cm³/mol. The second-order valence-electron chi connectivity index (χ2n) is 19.7. The van der Waals surface area contributed by atoms with Crippen molar-refractivity contribution in [2.24, 2.45) is 17.3 Å². The molecule has 0 saturated heterocycles. The van der Waals surface area contributed by atoms with E-state index >= 15 is 0 Å². The lowest BCUT2D eigenvalue weighted by Gasteiger charge is -2.43. The number of aromatic nitrogens is 2. The molecule has 7 aliphatic rings. The van der Waals surface area contributed by atoms with Gasteiger partial charge in [0, 0.05) is 44.3 Å². The van der Waals surface area contributed by atoms with E-state index in [0.29, 0.717) is 11.8 Å². The Morgan fingerprint density at radius 3 is 2.17 bits per heavy atom. The number of nitrogens with zero attached hydrogens (tertiary/aromatic N) is 2. The van der Waals surface area contributed by atoms with E-state index in [0.717, 1.165) is 38.5 Å². The zero-order chi connectivity index (χ0) is 41.9. The molecule has 0 radical (unpaired) electrons. The summed E-state index contributed by atoms with van der Waals surface area (Å²) in [6.07, 6.45) is 39.5. The molecule has 2 heteroatoms. The van der Waals surface area contributed by atoms with E-state index in [2.05, 4.69) is 179 Å². The molecule has 7 aromatic rings. The van der Waals surface area contributed by atoms with Gasteiger partial charge in [0.25, 0.3) is 0 Å². The Labute approximate surface area is 376 Å². The van der Waals surface area contributed by atoms with Crippen LogP contribution in [0.1, 0.15) is 86.5 Å². The molecule has 64 heavy (non-hydrogen) atoms. The van der Waals surface area contributed by atoms with Crippen LogP contribution in [0.5, 0.6) is 0 Å². The molecule has 7 aliphatic carbocycles.